The first-order valence-corrected chi connectivity index (χ1v) is 28.7. The van der Waals surface area contributed by atoms with Crippen LogP contribution in [0.5, 0.6) is 0 Å². The first-order valence-electron chi connectivity index (χ1n) is 28.7. The molecule has 1 heterocycles. The first kappa shape index (κ1) is 75.7. The van der Waals surface area contributed by atoms with Gasteiger partial charge in [-0.25, -0.2) is 0 Å². The van der Waals surface area contributed by atoms with Gasteiger partial charge >= 0.3 is 11.9 Å². The Labute approximate surface area is 481 Å². The third-order valence-corrected chi connectivity index (χ3v) is 10.5. The molecule has 0 aromatic heterocycles. The zero-order valence-corrected chi connectivity index (χ0v) is 49.9. The van der Waals surface area contributed by atoms with Crippen LogP contribution in [0.15, 0.2) is 12.2 Å². The van der Waals surface area contributed by atoms with E-state index in [-0.39, 0.29) is 42.5 Å². The fourth-order valence-corrected chi connectivity index (χ4v) is 6.62. The number of unbranched alkanes of at least 4 members (excludes halogenated alkanes) is 2. The number of hydrogen-bond donors (Lipinski definition) is 0. The number of ether oxygens (including phenoxy) is 18. The molecule has 1 rings (SSSR count). The normalized spacial score (nSPS) is 12.8. The van der Waals surface area contributed by atoms with Crippen LogP contribution in [-0.4, -0.2) is 282 Å². The standard InChI is InChI=1S/C56H102N2O23/c1-55(2,3)80-53(62)13-18-64-22-26-68-30-34-72-38-42-76-46-48-78-44-40-74-36-32-70-28-24-66-20-16-57(50(59)10-8-7-9-15-58-51(60)11-12-52(58)61)17-21-67-25-29-71-33-37-75-41-45-79-49-47-77-43-39-73-35-31-69-27-23-65-19-14-54(63)81-56(4,5)6/h11-12H,7-10,13-49H2,1-6H3. The van der Waals surface area contributed by atoms with Crippen molar-refractivity contribution in [3.8, 4) is 0 Å². The lowest BCUT2D eigenvalue weighted by Crippen LogP contribution is -2.37. The van der Waals surface area contributed by atoms with Crippen LogP contribution in [0.2, 0.25) is 0 Å². The number of nitrogens with zero attached hydrogens (tertiary/aromatic N) is 2. The molecule has 0 N–H and O–H groups in total. The minimum atomic E-state index is -0.497. The molecule has 81 heavy (non-hydrogen) atoms. The van der Waals surface area contributed by atoms with Crippen LogP contribution in [-0.2, 0) is 109 Å². The molecule has 0 saturated carbocycles. The van der Waals surface area contributed by atoms with Crippen molar-refractivity contribution in [2.24, 2.45) is 0 Å². The molecule has 474 valence electrons. The molecule has 0 bridgehead atoms. The Kier molecular flexibility index (Phi) is 49.9. The lowest BCUT2D eigenvalue weighted by molar-refractivity contribution is -0.157. The van der Waals surface area contributed by atoms with Crippen LogP contribution in [0.25, 0.3) is 0 Å². The predicted molar refractivity (Wildman–Crippen MR) is 295 cm³/mol. The van der Waals surface area contributed by atoms with Gasteiger partial charge in [0, 0.05) is 38.2 Å². The summed E-state index contributed by atoms with van der Waals surface area (Å²) in [5.41, 5.74) is -0.994. The molecule has 25 heteroatoms. The van der Waals surface area contributed by atoms with Crippen molar-refractivity contribution >= 4 is 29.7 Å². The summed E-state index contributed by atoms with van der Waals surface area (Å²) < 4.78 is 99.1. The summed E-state index contributed by atoms with van der Waals surface area (Å²) in [5.74, 6) is -1.20. The third-order valence-electron chi connectivity index (χ3n) is 10.5. The van der Waals surface area contributed by atoms with E-state index in [1.165, 1.54) is 17.1 Å². The number of hydrogen-bond acceptors (Lipinski definition) is 23. The Hall–Kier alpha value is -3.35. The van der Waals surface area contributed by atoms with Gasteiger partial charge < -0.3 is 90.2 Å². The third kappa shape index (κ3) is 53.1. The molecule has 0 spiro atoms. The lowest BCUT2D eigenvalue weighted by Gasteiger charge is -2.23. The van der Waals surface area contributed by atoms with E-state index in [1.54, 1.807) is 4.90 Å². The Bertz CT molecular complexity index is 1470. The Morgan fingerprint density at radius 1 is 0.333 bits per heavy atom. The molecule has 0 radical (unpaired) electrons. The smallest absolute Gasteiger partial charge is 0.308 e. The highest BCUT2D eigenvalue weighted by atomic mass is 16.6. The highest BCUT2D eigenvalue weighted by Crippen LogP contribution is 2.11. The van der Waals surface area contributed by atoms with Crippen LogP contribution in [0, 0.1) is 0 Å². The van der Waals surface area contributed by atoms with Crippen LogP contribution >= 0.6 is 0 Å². The summed E-state index contributed by atoms with van der Waals surface area (Å²) in [5, 5.41) is 0. The lowest BCUT2D eigenvalue weighted by atomic mass is 10.1. The van der Waals surface area contributed by atoms with E-state index in [0.29, 0.717) is 257 Å². The zero-order valence-electron chi connectivity index (χ0n) is 49.9. The molecule has 0 aromatic carbocycles. The van der Waals surface area contributed by atoms with Crippen LogP contribution < -0.4 is 0 Å². The Morgan fingerprint density at radius 3 is 0.815 bits per heavy atom. The Balaban J connectivity index is 2.01. The van der Waals surface area contributed by atoms with Gasteiger partial charge in [0.1, 0.15) is 11.2 Å². The summed E-state index contributed by atoms with van der Waals surface area (Å²) in [6.45, 7) is 25.1. The predicted octanol–water partition coefficient (Wildman–Crippen LogP) is 3.03. The summed E-state index contributed by atoms with van der Waals surface area (Å²) in [7, 11) is 0. The van der Waals surface area contributed by atoms with Gasteiger partial charge in [-0.3, -0.25) is 28.9 Å². The second-order valence-electron chi connectivity index (χ2n) is 19.8. The van der Waals surface area contributed by atoms with E-state index >= 15 is 0 Å². The topological polar surface area (TPSA) is 258 Å². The van der Waals surface area contributed by atoms with Gasteiger partial charge in [0.25, 0.3) is 11.8 Å². The molecule has 1 aliphatic heterocycles. The maximum atomic E-state index is 13.2. The second-order valence-corrected chi connectivity index (χ2v) is 19.8. The van der Waals surface area contributed by atoms with Crippen LogP contribution in [0.3, 0.4) is 0 Å². The molecule has 0 unspecified atom stereocenters. The molecule has 3 amide bonds. The van der Waals surface area contributed by atoms with Crippen molar-refractivity contribution < 1.29 is 109 Å². The van der Waals surface area contributed by atoms with Gasteiger partial charge in [-0.2, -0.15) is 0 Å². The largest absolute Gasteiger partial charge is 0.460 e. The summed E-state index contributed by atoms with van der Waals surface area (Å²) in [6.07, 6.45) is 5.23. The first-order chi connectivity index (χ1) is 39.2. The summed E-state index contributed by atoms with van der Waals surface area (Å²) in [6, 6.07) is 0. The average Bonchev–Trinajstić information content (AvgIpc) is 3.75. The summed E-state index contributed by atoms with van der Waals surface area (Å²) >= 11 is 0. The van der Waals surface area contributed by atoms with Crippen molar-refractivity contribution in [1.82, 2.24) is 9.80 Å². The fourth-order valence-electron chi connectivity index (χ4n) is 6.62. The van der Waals surface area contributed by atoms with E-state index in [4.69, 9.17) is 85.3 Å². The highest BCUT2D eigenvalue weighted by Gasteiger charge is 2.23. The fraction of sp³-hybridized carbons (Fsp3) is 0.875. The van der Waals surface area contributed by atoms with E-state index in [1.807, 2.05) is 41.5 Å². The van der Waals surface area contributed by atoms with Gasteiger partial charge in [0.05, 0.1) is 224 Å². The van der Waals surface area contributed by atoms with Crippen molar-refractivity contribution in [3.63, 3.8) is 0 Å². The summed E-state index contributed by atoms with van der Waals surface area (Å²) in [4.78, 5) is 63.1. The SMILES string of the molecule is CC(C)(C)OC(=O)CCOCCOCCOCCOCCOCCOCCOCCOCCN(CCOCCOCCOCCOCCOCCOCCOCCOCCC(=O)OC(C)(C)C)C(=O)CCCCCN1C(=O)C=CC1=O. The van der Waals surface area contributed by atoms with Crippen molar-refractivity contribution in [3.05, 3.63) is 12.2 Å². The Morgan fingerprint density at radius 2 is 0.568 bits per heavy atom. The number of carbonyl (C=O) groups is 5. The van der Waals surface area contributed by atoms with Gasteiger partial charge in [-0.1, -0.05) is 6.42 Å². The molecule has 0 fully saturated rings. The second kappa shape index (κ2) is 53.4. The van der Waals surface area contributed by atoms with Gasteiger partial charge in [-0.15, -0.1) is 0 Å². The van der Waals surface area contributed by atoms with Gasteiger partial charge in [0.2, 0.25) is 5.91 Å². The molecular formula is C56H102N2O23. The molecule has 0 aromatic rings. The number of esters is 2. The van der Waals surface area contributed by atoms with E-state index in [0.717, 1.165) is 0 Å². The van der Waals surface area contributed by atoms with Gasteiger partial charge in [0.15, 0.2) is 0 Å². The quantitative estimate of drug-likeness (QED) is 0.0482. The molecule has 25 nitrogen and oxygen atoms in total. The zero-order chi connectivity index (χ0) is 59.2. The molecule has 0 aliphatic carbocycles. The van der Waals surface area contributed by atoms with Crippen molar-refractivity contribution in [2.75, 3.05) is 231 Å². The average molecular weight is 1170 g/mol. The van der Waals surface area contributed by atoms with Gasteiger partial charge in [-0.05, 0) is 54.4 Å². The number of rotatable bonds is 60. The molecular weight excluding hydrogens is 1070 g/mol. The van der Waals surface area contributed by atoms with E-state index < -0.39 is 11.2 Å². The molecule has 1 aliphatic rings. The van der Waals surface area contributed by atoms with Crippen LogP contribution in [0.4, 0.5) is 0 Å². The van der Waals surface area contributed by atoms with E-state index in [2.05, 4.69) is 0 Å². The maximum absolute atomic E-state index is 13.2. The number of amides is 3. The number of imide groups is 1. The van der Waals surface area contributed by atoms with E-state index in [9.17, 15) is 24.0 Å². The highest BCUT2D eigenvalue weighted by molar-refractivity contribution is 6.12. The van der Waals surface area contributed by atoms with Crippen LogP contribution in [0.1, 0.15) is 80.1 Å². The monoisotopic (exact) mass is 1170 g/mol. The van der Waals surface area contributed by atoms with Crippen molar-refractivity contribution in [1.29, 1.82) is 0 Å². The molecule has 0 saturated heterocycles. The number of carbonyl (C=O) groups excluding carboxylic acids is 5. The molecule has 0 atom stereocenters. The minimum Gasteiger partial charge on any atom is -0.460 e. The maximum Gasteiger partial charge on any atom is 0.308 e. The van der Waals surface area contributed by atoms with Crippen molar-refractivity contribution in [2.45, 2.75) is 91.3 Å². The minimum absolute atomic E-state index is 0.0252.